The smallest absolute Gasteiger partial charge is 0.295 e. The summed E-state index contributed by atoms with van der Waals surface area (Å²) >= 11 is 0. The summed E-state index contributed by atoms with van der Waals surface area (Å²) in [4.78, 5) is 28.4. The first kappa shape index (κ1) is 26.8. The number of methoxy groups -OCH3 is 1. The Labute approximate surface area is 234 Å². The van der Waals surface area contributed by atoms with Gasteiger partial charge in [0.2, 0.25) is 0 Å². The molecule has 1 atom stereocenters. The van der Waals surface area contributed by atoms with E-state index >= 15 is 0 Å². The summed E-state index contributed by atoms with van der Waals surface area (Å²) in [6.07, 6.45) is 0. The Balaban J connectivity index is 1.52. The zero-order chi connectivity index (χ0) is 28.2. The van der Waals surface area contributed by atoms with Crippen molar-refractivity contribution in [3.63, 3.8) is 0 Å². The van der Waals surface area contributed by atoms with E-state index in [1.165, 1.54) is 4.90 Å². The maximum atomic E-state index is 13.5. The maximum Gasteiger partial charge on any atom is 0.295 e. The van der Waals surface area contributed by atoms with Gasteiger partial charge in [-0.1, -0.05) is 72.3 Å². The van der Waals surface area contributed by atoms with Crippen LogP contribution in [-0.2, 0) is 22.7 Å². The summed E-state index contributed by atoms with van der Waals surface area (Å²) in [5.74, 6) is -0.250. The lowest BCUT2D eigenvalue weighted by Gasteiger charge is -2.26. The van der Waals surface area contributed by atoms with Gasteiger partial charge in [-0.15, -0.1) is 0 Å². The van der Waals surface area contributed by atoms with E-state index in [4.69, 9.17) is 9.47 Å². The van der Waals surface area contributed by atoms with Crippen LogP contribution in [0, 0.1) is 13.8 Å². The van der Waals surface area contributed by atoms with Crippen LogP contribution < -0.4 is 9.47 Å². The zero-order valence-corrected chi connectivity index (χ0v) is 22.8. The predicted molar refractivity (Wildman–Crippen MR) is 154 cm³/mol. The van der Waals surface area contributed by atoms with Crippen LogP contribution in [0.4, 0.5) is 0 Å². The highest BCUT2D eigenvalue weighted by atomic mass is 16.5. The summed E-state index contributed by atoms with van der Waals surface area (Å²) in [6, 6.07) is 29.4. The first-order valence-electron chi connectivity index (χ1n) is 13.1. The van der Waals surface area contributed by atoms with Gasteiger partial charge >= 0.3 is 0 Å². The summed E-state index contributed by atoms with van der Waals surface area (Å²) in [5, 5.41) is 11.5. The number of nitrogens with zero attached hydrogens (tertiary/aromatic N) is 1. The van der Waals surface area contributed by atoms with Crippen molar-refractivity contribution in [1.82, 2.24) is 4.90 Å². The highest BCUT2D eigenvalue weighted by Crippen LogP contribution is 2.41. The van der Waals surface area contributed by atoms with E-state index in [-0.39, 0.29) is 17.9 Å². The van der Waals surface area contributed by atoms with Crippen LogP contribution >= 0.6 is 0 Å². The lowest BCUT2D eigenvalue weighted by Crippen LogP contribution is -2.29. The maximum absolute atomic E-state index is 13.5. The van der Waals surface area contributed by atoms with Crippen LogP contribution in [0.25, 0.3) is 5.76 Å². The summed E-state index contributed by atoms with van der Waals surface area (Å²) < 4.78 is 11.3. The van der Waals surface area contributed by atoms with Crippen molar-refractivity contribution >= 4 is 17.4 Å². The second kappa shape index (κ2) is 11.5. The van der Waals surface area contributed by atoms with Crippen LogP contribution in [0.15, 0.2) is 103 Å². The van der Waals surface area contributed by atoms with E-state index in [0.717, 1.165) is 27.8 Å². The van der Waals surface area contributed by atoms with Crippen molar-refractivity contribution in [2.45, 2.75) is 33.0 Å². The number of carbonyl (C=O) groups excluding carboxylic acids is 2. The van der Waals surface area contributed by atoms with Gasteiger partial charge in [-0.3, -0.25) is 9.59 Å². The minimum Gasteiger partial charge on any atom is -0.507 e. The lowest BCUT2D eigenvalue weighted by molar-refractivity contribution is -0.140. The Morgan fingerprint density at radius 3 is 2.33 bits per heavy atom. The second-order valence-corrected chi connectivity index (χ2v) is 9.95. The molecule has 0 aromatic heterocycles. The number of likely N-dealkylation sites (tertiary alicyclic amines) is 1. The quantitative estimate of drug-likeness (QED) is 0.159. The van der Waals surface area contributed by atoms with Gasteiger partial charge in [0.1, 0.15) is 23.9 Å². The molecule has 1 amide bonds. The van der Waals surface area contributed by atoms with Gasteiger partial charge in [0.25, 0.3) is 11.7 Å². The van der Waals surface area contributed by atoms with E-state index in [0.29, 0.717) is 23.7 Å². The standard InChI is InChI=1S/C34H31NO5/c1-22-9-7-13-26(17-22)31-30(33(37)34(38)35(31)20-25-12-8-14-28(19-25)39-3)32(36)27-15-16-29(23(2)18-27)40-21-24-10-5-4-6-11-24/h4-19,31,36H,20-21H2,1-3H3/b32-30-. The molecule has 6 heteroatoms. The second-order valence-electron chi connectivity index (χ2n) is 9.95. The molecule has 1 aliphatic rings. The molecule has 1 N–H and O–H groups in total. The average Bonchev–Trinajstić information content (AvgIpc) is 3.21. The molecular weight excluding hydrogens is 502 g/mol. The largest absolute Gasteiger partial charge is 0.507 e. The Hall–Kier alpha value is -4.84. The van der Waals surface area contributed by atoms with Gasteiger partial charge < -0.3 is 19.5 Å². The van der Waals surface area contributed by atoms with Crippen LogP contribution in [0.2, 0.25) is 0 Å². The van der Waals surface area contributed by atoms with Gasteiger partial charge in [-0.2, -0.15) is 0 Å². The molecule has 4 aromatic rings. The van der Waals surface area contributed by atoms with Gasteiger partial charge in [-0.25, -0.2) is 0 Å². The van der Waals surface area contributed by atoms with E-state index in [1.54, 1.807) is 25.3 Å². The highest BCUT2D eigenvalue weighted by Gasteiger charge is 2.46. The number of hydrogen-bond acceptors (Lipinski definition) is 5. The molecule has 40 heavy (non-hydrogen) atoms. The number of rotatable bonds is 8. The van der Waals surface area contributed by atoms with Gasteiger partial charge in [0, 0.05) is 12.1 Å². The van der Waals surface area contributed by atoms with Crippen molar-refractivity contribution in [3.05, 3.63) is 136 Å². The Kier molecular flexibility index (Phi) is 7.69. The van der Waals surface area contributed by atoms with E-state index in [1.807, 2.05) is 92.7 Å². The summed E-state index contributed by atoms with van der Waals surface area (Å²) in [6.45, 7) is 4.43. The summed E-state index contributed by atoms with van der Waals surface area (Å²) in [5.41, 5.74) is 4.91. The Morgan fingerprint density at radius 1 is 0.850 bits per heavy atom. The SMILES string of the molecule is COc1cccc(CN2C(=O)C(=O)/C(=C(\O)c3ccc(OCc4ccccc4)c(C)c3)C2c2cccc(C)c2)c1. The van der Waals surface area contributed by atoms with Crippen LogP contribution in [-0.4, -0.2) is 28.8 Å². The molecule has 5 rings (SSSR count). The fourth-order valence-electron chi connectivity index (χ4n) is 5.05. The molecule has 0 spiro atoms. The van der Waals surface area contributed by atoms with E-state index < -0.39 is 17.7 Å². The number of hydrogen-bond donors (Lipinski definition) is 1. The normalized spacial score (nSPS) is 16.3. The number of amides is 1. The highest BCUT2D eigenvalue weighted by molar-refractivity contribution is 6.46. The molecule has 1 saturated heterocycles. The Morgan fingerprint density at radius 2 is 1.60 bits per heavy atom. The number of carbonyl (C=O) groups is 2. The molecule has 0 saturated carbocycles. The minimum absolute atomic E-state index is 0.0656. The molecule has 1 aliphatic heterocycles. The monoisotopic (exact) mass is 533 g/mol. The first-order chi connectivity index (χ1) is 19.4. The number of aryl methyl sites for hydroxylation is 2. The fraction of sp³-hybridized carbons (Fsp3) is 0.176. The number of ketones is 1. The van der Waals surface area contributed by atoms with Crippen molar-refractivity contribution in [1.29, 1.82) is 0 Å². The lowest BCUT2D eigenvalue weighted by atomic mass is 9.94. The van der Waals surface area contributed by atoms with Crippen molar-refractivity contribution in [3.8, 4) is 11.5 Å². The van der Waals surface area contributed by atoms with Crippen LogP contribution in [0.1, 0.15) is 39.4 Å². The van der Waals surface area contributed by atoms with Gasteiger partial charge in [0.15, 0.2) is 0 Å². The third kappa shape index (κ3) is 5.47. The summed E-state index contributed by atoms with van der Waals surface area (Å²) in [7, 11) is 1.58. The molecule has 1 heterocycles. The minimum atomic E-state index is -0.750. The molecular formula is C34H31NO5. The van der Waals surface area contributed by atoms with Gasteiger partial charge in [0.05, 0.1) is 18.7 Å². The van der Waals surface area contributed by atoms with Crippen LogP contribution in [0.3, 0.4) is 0 Å². The molecule has 202 valence electrons. The first-order valence-corrected chi connectivity index (χ1v) is 13.1. The van der Waals surface area contributed by atoms with Gasteiger partial charge in [-0.05, 0) is 66.4 Å². The molecule has 1 unspecified atom stereocenters. The zero-order valence-electron chi connectivity index (χ0n) is 22.8. The number of aliphatic hydroxyl groups is 1. The molecule has 0 bridgehead atoms. The number of ether oxygens (including phenoxy) is 2. The van der Waals surface area contributed by atoms with E-state index in [9.17, 15) is 14.7 Å². The average molecular weight is 534 g/mol. The third-order valence-corrected chi connectivity index (χ3v) is 7.07. The third-order valence-electron chi connectivity index (χ3n) is 7.07. The predicted octanol–water partition coefficient (Wildman–Crippen LogP) is 6.51. The van der Waals surface area contributed by atoms with Crippen LogP contribution in [0.5, 0.6) is 11.5 Å². The fourth-order valence-corrected chi connectivity index (χ4v) is 5.05. The van der Waals surface area contributed by atoms with Crippen molar-refractivity contribution < 1.29 is 24.2 Å². The molecule has 0 radical (unpaired) electrons. The number of aliphatic hydroxyl groups excluding tert-OH is 1. The Bertz CT molecular complexity index is 1590. The molecule has 0 aliphatic carbocycles. The topological polar surface area (TPSA) is 76.1 Å². The molecule has 4 aromatic carbocycles. The molecule has 1 fully saturated rings. The van der Waals surface area contributed by atoms with E-state index in [2.05, 4.69) is 0 Å². The molecule has 6 nitrogen and oxygen atoms in total. The van der Waals surface area contributed by atoms with Crippen molar-refractivity contribution in [2.24, 2.45) is 0 Å². The number of benzene rings is 4. The van der Waals surface area contributed by atoms with Crippen molar-refractivity contribution in [2.75, 3.05) is 7.11 Å². The number of Topliss-reactive ketones (excluding diaryl/α,β-unsaturated/α-hetero) is 1.